The van der Waals surface area contributed by atoms with Crippen molar-refractivity contribution in [2.45, 2.75) is 40.0 Å². The number of nitriles is 1. The Morgan fingerprint density at radius 2 is 1.86 bits per heavy atom. The molecule has 0 N–H and O–H groups in total. The average molecular weight is 372 g/mol. The second-order valence-electron chi connectivity index (χ2n) is 7.11. The Hall–Kier alpha value is -3.12. The highest BCUT2D eigenvalue weighted by atomic mass is 19.1. The number of rotatable bonds is 6. The van der Waals surface area contributed by atoms with Crippen LogP contribution in [0.3, 0.4) is 0 Å². The monoisotopic (exact) mass is 372 g/mol. The molecular formula is C25H25FN2. The van der Waals surface area contributed by atoms with Crippen molar-refractivity contribution in [3.63, 3.8) is 0 Å². The van der Waals surface area contributed by atoms with E-state index in [4.69, 9.17) is 0 Å². The summed E-state index contributed by atoms with van der Waals surface area (Å²) in [5.74, 6) is -0.340. The Bertz CT molecular complexity index is 1030. The maximum absolute atomic E-state index is 13.5. The Morgan fingerprint density at radius 1 is 1.11 bits per heavy atom. The molecule has 2 nitrogen and oxygen atoms in total. The van der Waals surface area contributed by atoms with E-state index in [1.807, 2.05) is 13.0 Å². The maximum Gasteiger partial charge on any atom is 0.123 e. The number of unbranched alkanes of at least 4 members (excludes halogenated alkanes) is 1. The van der Waals surface area contributed by atoms with Crippen LogP contribution in [0.15, 0.2) is 54.6 Å². The zero-order valence-corrected chi connectivity index (χ0v) is 16.7. The number of halogens is 1. The third-order valence-electron chi connectivity index (χ3n) is 5.04. The number of aromatic nitrogens is 1. The minimum atomic E-state index is -0.340. The van der Waals surface area contributed by atoms with Crippen LogP contribution in [0.2, 0.25) is 0 Å². The SMILES string of the molecule is CCCCc1ccc(-n2c(C)cc(/C=C(/C#N)c3cccc(F)c3)c2C)cc1. The molecule has 0 aliphatic rings. The molecule has 0 aliphatic heterocycles. The first-order chi connectivity index (χ1) is 13.5. The van der Waals surface area contributed by atoms with Gasteiger partial charge in [0.1, 0.15) is 5.82 Å². The van der Waals surface area contributed by atoms with Crippen molar-refractivity contribution in [1.82, 2.24) is 4.57 Å². The summed E-state index contributed by atoms with van der Waals surface area (Å²) < 4.78 is 15.7. The van der Waals surface area contributed by atoms with Gasteiger partial charge in [0, 0.05) is 17.1 Å². The maximum atomic E-state index is 13.5. The van der Waals surface area contributed by atoms with E-state index in [0.717, 1.165) is 29.1 Å². The van der Waals surface area contributed by atoms with E-state index in [1.165, 1.54) is 30.5 Å². The van der Waals surface area contributed by atoms with Crippen LogP contribution in [-0.4, -0.2) is 4.57 Å². The number of aryl methyl sites for hydroxylation is 2. The van der Waals surface area contributed by atoms with Gasteiger partial charge < -0.3 is 4.57 Å². The van der Waals surface area contributed by atoms with Gasteiger partial charge in [-0.1, -0.05) is 37.6 Å². The molecule has 0 amide bonds. The highest BCUT2D eigenvalue weighted by molar-refractivity contribution is 5.90. The summed E-state index contributed by atoms with van der Waals surface area (Å²) in [5.41, 5.74) is 6.63. The fraction of sp³-hybridized carbons (Fsp3) is 0.240. The van der Waals surface area contributed by atoms with E-state index in [-0.39, 0.29) is 5.82 Å². The lowest BCUT2D eigenvalue weighted by molar-refractivity contribution is 0.627. The number of nitrogens with zero attached hydrogens (tertiary/aromatic N) is 2. The van der Waals surface area contributed by atoms with Crippen molar-refractivity contribution in [3.8, 4) is 11.8 Å². The lowest BCUT2D eigenvalue weighted by Crippen LogP contribution is -1.99. The van der Waals surface area contributed by atoms with Crippen LogP contribution >= 0.6 is 0 Å². The first-order valence-corrected chi connectivity index (χ1v) is 9.69. The van der Waals surface area contributed by atoms with E-state index >= 15 is 0 Å². The Labute approximate surface area is 166 Å². The van der Waals surface area contributed by atoms with Gasteiger partial charge in [-0.25, -0.2) is 4.39 Å². The molecular weight excluding hydrogens is 347 g/mol. The van der Waals surface area contributed by atoms with Crippen molar-refractivity contribution < 1.29 is 4.39 Å². The normalized spacial score (nSPS) is 11.5. The van der Waals surface area contributed by atoms with Crippen LogP contribution in [0.5, 0.6) is 0 Å². The average Bonchev–Trinajstić information content (AvgIpc) is 2.98. The summed E-state index contributed by atoms with van der Waals surface area (Å²) in [6.45, 7) is 6.31. The molecule has 0 atom stereocenters. The molecule has 0 saturated heterocycles. The molecule has 3 rings (SSSR count). The molecule has 1 heterocycles. The van der Waals surface area contributed by atoms with Crippen molar-refractivity contribution in [2.24, 2.45) is 0 Å². The molecule has 0 radical (unpaired) electrons. The van der Waals surface area contributed by atoms with Crippen molar-refractivity contribution in [2.75, 3.05) is 0 Å². The highest BCUT2D eigenvalue weighted by Gasteiger charge is 2.11. The predicted octanol–water partition coefficient (Wildman–Crippen LogP) is 6.64. The fourth-order valence-electron chi connectivity index (χ4n) is 3.52. The molecule has 0 saturated carbocycles. The summed E-state index contributed by atoms with van der Waals surface area (Å²) >= 11 is 0. The van der Waals surface area contributed by atoms with Gasteiger partial charge in [0.2, 0.25) is 0 Å². The Balaban J connectivity index is 1.96. The molecule has 0 aliphatic carbocycles. The van der Waals surface area contributed by atoms with E-state index in [1.54, 1.807) is 12.1 Å². The third kappa shape index (κ3) is 4.23. The van der Waals surface area contributed by atoms with Gasteiger partial charge in [-0.15, -0.1) is 0 Å². The van der Waals surface area contributed by atoms with E-state index in [0.29, 0.717) is 11.1 Å². The minimum absolute atomic E-state index is 0.340. The lowest BCUT2D eigenvalue weighted by Gasteiger charge is -2.11. The van der Waals surface area contributed by atoms with Crippen LogP contribution in [0.4, 0.5) is 4.39 Å². The zero-order chi connectivity index (χ0) is 20.1. The number of hydrogen-bond donors (Lipinski definition) is 0. The summed E-state index contributed by atoms with van der Waals surface area (Å²) in [4.78, 5) is 0. The first-order valence-electron chi connectivity index (χ1n) is 9.69. The van der Waals surface area contributed by atoms with Crippen LogP contribution in [0.1, 0.15) is 47.8 Å². The van der Waals surface area contributed by atoms with Gasteiger partial charge in [0.25, 0.3) is 0 Å². The van der Waals surface area contributed by atoms with Gasteiger partial charge in [-0.3, -0.25) is 0 Å². The van der Waals surface area contributed by atoms with Gasteiger partial charge in [0.15, 0.2) is 0 Å². The molecule has 0 unspecified atom stereocenters. The van der Waals surface area contributed by atoms with E-state index < -0.39 is 0 Å². The molecule has 2 aromatic carbocycles. The second-order valence-corrected chi connectivity index (χ2v) is 7.11. The standard InChI is InChI=1S/C25H25FN2/c1-4-5-7-20-10-12-25(13-11-20)28-18(2)14-22(19(28)3)15-23(17-27)21-8-6-9-24(26)16-21/h6,8-16H,4-5,7H2,1-3H3/b23-15-. The highest BCUT2D eigenvalue weighted by Crippen LogP contribution is 2.26. The lowest BCUT2D eigenvalue weighted by atomic mass is 10.0. The van der Waals surface area contributed by atoms with Crippen molar-refractivity contribution >= 4 is 11.6 Å². The molecule has 1 aromatic heterocycles. The van der Waals surface area contributed by atoms with Crippen LogP contribution in [0, 0.1) is 31.0 Å². The molecule has 3 heteroatoms. The first kappa shape index (κ1) is 19.6. The summed E-state index contributed by atoms with van der Waals surface area (Å²) in [6, 6.07) is 19.1. The van der Waals surface area contributed by atoms with Gasteiger partial charge in [-0.05, 0) is 79.8 Å². The van der Waals surface area contributed by atoms with Crippen LogP contribution in [0.25, 0.3) is 17.3 Å². The van der Waals surface area contributed by atoms with Crippen LogP contribution < -0.4 is 0 Å². The molecule has 0 fully saturated rings. The quantitative estimate of drug-likeness (QED) is 0.446. The largest absolute Gasteiger partial charge is 0.318 e. The number of hydrogen-bond acceptors (Lipinski definition) is 1. The zero-order valence-electron chi connectivity index (χ0n) is 16.7. The molecule has 28 heavy (non-hydrogen) atoms. The molecule has 3 aromatic rings. The minimum Gasteiger partial charge on any atom is -0.318 e. The van der Waals surface area contributed by atoms with Gasteiger partial charge in [0.05, 0.1) is 11.6 Å². The third-order valence-corrected chi connectivity index (χ3v) is 5.04. The molecule has 142 valence electrons. The van der Waals surface area contributed by atoms with Crippen molar-refractivity contribution in [1.29, 1.82) is 5.26 Å². The van der Waals surface area contributed by atoms with Gasteiger partial charge >= 0.3 is 0 Å². The van der Waals surface area contributed by atoms with E-state index in [2.05, 4.69) is 54.8 Å². The summed E-state index contributed by atoms with van der Waals surface area (Å²) in [5, 5.41) is 9.57. The topological polar surface area (TPSA) is 28.7 Å². The fourth-order valence-corrected chi connectivity index (χ4v) is 3.52. The Morgan fingerprint density at radius 3 is 2.50 bits per heavy atom. The number of benzene rings is 2. The molecule has 0 bridgehead atoms. The second kappa shape index (κ2) is 8.71. The summed E-state index contributed by atoms with van der Waals surface area (Å²) in [7, 11) is 0. The van der Waals surface area contributed by atoms with E-state index in [9.17, 15) is 9.65 Å². The van der Waals surface area contributed by atoms with Crippen molar-refractivity contribution in [3.05, 3.63) is 88.5 Å². The molecule has 0 spiro atoms. The van der Waals surface area contributed by atoms with Crippen LogP contribution in [-0.2, 0) is 6.42 Å². The van der Waals surface area contributed by atoms with Gasteiger partial charge in [-0.2, -0.15) is 5.26 Å². The Kier molecular flexibility index (Phi) is 6.11. The smallest absolute Gasteiger partial charge is 0.123 e. The number of allylic oxidation sites excluding steroid dienone is 1. The predicted molar refractivity (Wildman–Crippen MR) is 114 cm³/mol. The summed E-state index contributed by atoms with van der Waals surface area (Å²) in [6.07, 6.45) is 5.34.